The van der Waals surface area contributed by atoms with Gasteiger partial charge in [0.15, 0.2) is 5.65 Å². The molecule has 3 atom stereocenters. The summed E-state index contributed by atoms with van der Waals surface area (Å²) < 4.78 is 9.09. The molecule has 0 bridgehead atoms. The van der Waals surface area contributed by atoms with Crippen LogP contribution in [0.5, 0.6) is 0 Å². The van der Waals surface area contributed by atoms with Crippen molar-refractivity contribution in [2.45, 2.75) is 45.8 Å². The Balaban J connectivity index is 1.70. The molecule has 32 heavy (non-hydrogen) atoms. The molecule has 5 rings (SSSR count). The largest absolute Gasteiger partial charge is 0.378 e. The predicted octanol–water partition coefficient (Wildman–Crippen LogP) is 5.51. The molecule has 4 aromatic rings. The number of halogens is 1. The fraction of sp³-hybridized carbons (Fsp3) is 0.400. The zero-order chi connectivity index (χ0) is 22.4. The molecule has 1 aromatic carbocycles. The Labute approximate surface area is 191 Å². The lowest BCUT2D eigenvalue weighted by atomic mass is 9.78. The van der Waals surface area contributed by atoms with Crippen molar-refractivity contribution >= 4 is 28.2 Å². The van der Waals surface area contributed by atoms with Gasteiger partial charge in [0, 0.05) is 30.6 Å². The van der Waals surface area contributed by atoms with Crippen LogP contribution in [0.1, 0.15) is 44.8 Å². The van der Waals surface area contributed by atoms with Crippen molar-refractivity contribution in [1.29, 1.82) is 0 Å². The van der Waals surface area contributed by atoms with E-state index < -0.39 is 0 Å². The lowest BCUT2D eigenvalue weighted by Gasteiger charge is -2.35. The van der Waals surface area contributed by atoms with E-state index in [1.54, 1.807) is 17.8 Å². The van der Waals surface area contributed by atoms with E-state index in [0.717, 1.165) is 35.2 Å². The SMILES string of the molecule is COCc1nn2c(ncc3c(=O)n(C4CCCC(C)C4C)ccc32)c1-c1ccc(Cl)cc1. The Kier molecular flexibility index (Phi) is 5.51. The number of hydrogen-bond acceptors (Lipinski definition) is 4. The minimum atomic E-state index is -0.000292. The van der Waals surface area contributed by atoms with E-state index in [1.807, 2.05) is 41.1 Å². The number of methoxy groups -OCH3 is 1. The van der Waals surface area contributed by atoms with Crippen molar-refractivity contribution in [3.63, 3.8) is 0 Å². The van der Waals surface area contributed by atoms with Crippen LogP contribution in [0.25, 0.3) is 27.7 Å². The molecule has 1 aliphatic carbocycles. The zero-order valence-electron chi connectivity index (χ0n) is 18.6. The normalized spacial score (nSPS) is 21.4. The van der Waals surface area contributed by atoms with Gasteiger partial charge in [-0.2, -0.15) is 5.10 Å². The molecule has 3 aromatic heterocycles. The molecule has 6 nitrogen and oxygen atoms in total. The van der Waals surface area contributed by atoms with E-state index in [4.69, 9.17) is 26.4 Å². The molecule has 0 spiro atoms. The molecular formula is C25H27ClN4O2. The average molecular weight is 451 g/mol. The first-order valence-electron chi connectivity index (χ1n) is 11.2. The van der Waals surface area contributed by atoms with Crippen LogP contribution in [0.15, 0.2) is 47.5 Å². The topological polar surface area (TPSA) is 61.4 Å². The predicted molar refractivity (Wildman–Crippen MR) is 127 cm³/mol. The van der Waals surface area contributed by atoms with Crippen LogP contribution < -0.4 is 5.56 Å². The van der Waals surface area contributed by atoms with Crippen LogP contribution >= 0.6 is 11.6 Å². The molecule has 3 unspecified atom stereocenters. The molecule has 3 heterocycles. The number of pyridine rings is 1. The maximum atomic E-state index is 13.5. The highest BCUT2D eigenvalue weighted by Gasteiger charge is 2.29. The van der Waals surface area contributed by atoms with Crippen molar-refractivity contribution in [1.82, 2.24) is 19.2 Å². The van der Waals surface area contributed by atoms with Gasteiger partial charge in [-0.25, -0.2) is 9.50 Å². The standard InChI is InChI=1S/C25H27ClN4O2/c1-15-5-4-6-21(16(15)2)29-12-11-22-19(25(29)31)13-27-24-23(17-7-9-18(26)10-8-17)20(14-32-3)28-30(22)24/h7-13,15-16,21H,4-6,14H2,1-3H3. The summed E-state index contributed by atoms with van der Waals surface area (Å²) in [5, 5.41) is 6.04. The molecule has 166 valence electrons. The highest BCUT2D eigenvalue weighted by Crippen LogP contribution is 2.37. The average Bonchev–Trinajstić information content (AvgIpc) is 3.15. The van der Waals surface area contributed by atoms with Crippen LogP contribution in [0.2, 0.25) is 5.02 Å². The second kappa shape index (κ2) is 8.34. The second-order valence-electron chi connectivity index (χ2n) is 8.92. The number of ether oxygens (including phenoxy) is 1. The van der Waals surface area contributed by atoms with Gasteiger partial charge in [-0.05, 0) is 42.0 Å². The van der Waals surface area contributed by atoms with Gasteiger partial charge in [-0.15, -0.1) is 0 Å². The van der Waals surface area contributed by atoms with Crippen molar-refractivity contribution in [2.24, 2.45) is 11.8 Å². The molecule has 0 aliphatic heterocycles. The molecule has 1 aliphatic rings. The highest BCUT2D eigenvalue weighted by atomic mass is 35.5. The monoisotopic (exact) mass is 450 g/mol. The van der Waals surface area contributed by atoms with Crippen LogP contribution in [-0.2, 0) is 11.3 Å². The number of hydrogen-bond donors (Lipinski definition) is 0. The third-order valence-corrected chi connectivity index (χ3v) is 7.30. The van der Waals surface area contributed by atoms with Crippen molar-refractivity contribution < 1.29 is 4.74 Å². The van der Waals surface area contributed by atoms with Crippen LogP contribution in [0, 0.1) is 11.8 Å². The van der Waals surface area contributed by atoms with Crippen molar-refractivity contribution in [3.8, 4) is 11.1 Å². The fourth-order valence-electron chi connectivity index (χ4n) is 5.09. The Bertz CT molecular complexity index is 1340. The highest BCUT2D eigenvalue weighted by molar-refractivity contribution is 6.30. The fourth-order valence-corrected chi connectivity index (χ4v) is 5.21. The van der Waals surface area contributed by atoms with Crippen molar-refractivity contribution in [3.05, 3.63) is 63.8 Å². The summed E-state index contributed by atoms with van der Waals surface area (Å²) in [6, 6.07) is 9.82. The van der Waals surface area contributed by atoms with Gasteiger partial charge in [-0.1, -0.05) is 50.4 Å². The van der Waals surface area contributed by atoms with Gasteiger partial charge >= 0.3 is 0 Å². The Morgan fingerprint density at radius 3 is 2.69 bits per heavy atom. The number of aromatic nitrogens is 4. The summed E-state index contributed by atoms with van der Waals surface area (Å²) in [4.78, 5) is 18.2. The molecule has 0 N–H and O–H groups in total. The summed E-state index contributed by atoms with van der Waals surface area (Å²) in [7, 11) is 1.65. The summed E-state index contributed by atoms with van der Waals surface area (Å²) in [6.07, 6.45) is 7.04. The van der Waals surface area contributed by atoms with E-state index in [0.29, 0.717) is 34.5 Å². The first-order valence-corrected chi connectivity index (χ1v) is 11.5. The molecule has 1 saturated carbocycles. The lowest BCUT2D eigenvalue weighted by molar-refractivity contribution is 0.181. The summed E-state index contributed by atoms with van der Waals surface area (Å²) in [5.41, 5.74) is 4.08. The number of nitrogens with zero attached hydrogens (tertiary/aromatic N) is 4. The lowest BCUT2D eigenvalue weighted by Crippen LogP contribution is -2.33. The maximum absolute atomic E-state index is 13.5. The third-order valence-electron chi connectivity index (χ3n) is 7.05. The quantitative estimate of drug-likeness (QED) is 0.411. The first kappa shape index (κ1) is 21.2. The Hall–Kier alpha value is -2.70. The van der Waals surface area contributed by atoms with Crippen LogP contribution in [0.3, 0.4) is 0 Å². The Morgan fingerprint density at radius 2 is 1.94 bits per heavy atom. The number of benzene rings is 1. The maximum Gasteiger partial charge on any atom is 0.261 e. The van der Waals surface area contributed by atoms with Gasteiger partial charge in [0.25, 0.3) is 5.56 Å². The summed E-state index contributed by atoms with van der Waals surface area (Å²) >= 11 is 6.09. The molecule has 0 saturated heterocycles. The summed E-state index contributed by atoms with van der Waals surface area (Å²) in [6.45, 7) is 4.89. The summed E-state index contributed by atoms with van der Waals surface area (Å²) in [5.74, 6) is 1.08. The molecule has 0 amide bonds. The van der Waals surface area contributed by atoms with Gasteiger partial charge in [0.2, 0.25) is 0 Å². The number of rotatable bonds is 4. The molecule has 0 radical (unpaired) electrons. The van der Waals surface area contributed by atoms with Gasteiger partial charge in [0.1, 0.15) is 0 Å². The van der Waals surface area contributed by atoms with Crippen LogP contribution in [0.4, 0.5) is 0 Å². The van der Waals surface area contributed by atoms with Gasteiger partial charge in [-0.3, -0.25) is 4.79 Å². The second-order valence-corrected chi connectivity index (χ2v) is 9.35. The Morgan fingerprint density at radius 1 is 1.16 bits per heavy atom. The van der Waals surface area contributed by atoms with Gasteiger partial charge in [0.05, 0.1) is 28.8 Å². The first-order chi connectivity index (χ1) is 15.5. The van der Waals surface area contributed by atoms with Crippen molar-refractivity contribution in [2.75, 3.05) is 7.11 Å². The third kappa shape index (κ3) is 3.42. The van der Waals surface area contributed by atoms with E-state index in [2.05, 4.69) is 13.8 Å². The molecular weight excluding hydrogens is 424 g/mol. The van der Waals surface area contributed by atoms with E-state index in [9.17, 15) is 4.79 Å². The smallest absolute Gasteiger partial charge is 0.261 e. The molecule has 7 heteroatoms. The van der Waals surface area contributed by atoms with E-state index in [1.165, 1.54) is 6.42 Å². The van der Waals surface area contributed by atoms with Gasteiger partial charge < -0.3 is 9.30 Å². The minimum absolute atomic E-state index is 0.000292. The van der Waals surface area contributed by atoms with Crippen LogP contribution in [-0.4, -0.2) is 26.3 Å². The number of fused-ring (bicyclic) bond motifs is 3. The van der Waals surface area contributed by atoms with E-state index >= 15 is 0 Å². The zero-order valence-corrected chi connectivity index (χ0v) is 19.3. The van der Waals surface area contributed by atoms with E-state index in [-0.39, 0.29) is 11.6 Å². The minimum Gasteiger partial charge on any atom is -0.378 e. The molecule has 1 fully saturated rings.